The molecular weight excluding hydrogens is 196 g/mol. The van der Waals surface area contributed by atoms with Crippen molar-refractivity contribution in [2.45, 2.75) is 36.9 Å². The lowest BCUT2D eigenvalue weighted by molar-refractivity contribution is 0.423. The first-order valence-electron chi connectivity index (χ1n) is 4.76. The Labute approximate surface area is 87.5 Å². The molecule has 5 heteroatoms. The monoisotopic (exact) mass is 208 g/mol. The first-order chi connectivity index (χ1) is 6.92. The minimum atomic E-state index is 0.491. The van der Waals surface area contributed by atoms with Crippen molar-refractivity contribution >= 4 is 11.8 Å². The van der Waals surface area contributed by atoms with Crippen LogP contribution in [0.25, 0.3) is 0 Å². The van der Waals surface area contributed by atoms with Crippen molar-refractivity contribution in [3.8, 4) is 12.3 Å². The van der Waals surface area contributed by atoms with E-state index in [1.165, 1.54) is 37.4 Å². The zero-order valence-corrected chi connectivity index (χ0v) is 8.70. The largest absolute Gasteiger partial charge is 0.217 e. The van der Waals surface area contributed by atoms with Crippen LogP contribution in [-0.4, -0.2) is 26.0 Å². The van der Waals surface area contributed by atoms with Crippen molar-refractivity contribution in [3.63, 3.8) is 0 Å². The van der Waals surface area contributed by atoms with Crippen molar-refractivity contribution in [1.82, 2.24) is 20.2 Å². The Kier molecular flexibility index (Phi) is 3.04. The number of rotatable bonds is 3. The van der Waals surface area contributed by atoms with Gasteiger partial charge in [0.25, 0.3) is 0 Å². The van der Waals surface area contributed by atoms with Crippen molar-refractivity contribution in [1.29, 1.82) is 0 Å². The molecule has 1 saturated carbocycles. The SMILES string of the molecule is C#CCSc1nnnn1C1CCCC1. The summed E-state index contributed by atoms with van der Waals surface area (Å²) in [6, 6.07) is 0.491. The molecule has 2 rings (SSSR count). The van der Waals surface area contributed by atoms with Crippen LogP contribution in [-0.2, 0) is 0 Å². The van der Waals surface area contributed by atoms with Gasteiger partial charge in [-0.3, -0.25) is 0 Å². The third-order valence-corrected chi connectivity index (χ3v) is 3.26. The lowest BCUT2D eigenvalue weighted by atomic mass is 10.3. The van der Waals surface area contributed by atoms with E-state index in [0.29, 0.717) is 11.8 Å². The standard InChI is InChI=1S/C9H12N4S/c1-2-7-14-9-10-11-12-13(9)8-5-3-4-6-8/h1,8H,3-7H2. The zero-order valence-electron chi connectivity index (χ0n) is 7.89. The second kappa shape index (κ2) is 4.47. The Bertz CT molecular complexity index is 335. The molecule has 14 heavy (non-hydrogen) atoms. The second-order valence-electron chi connectivity index (χ2n) is 3.34. The van der Waals surface area contributed by atoms with E-state index in [2.05, 4.69) is 21.4 Å². The van der Waals surface area contributed by atoms with Gasteiger partial charge in [-0.1, -0.05) is 30.5 Å². The summed E-state index contributed by atoms with van der Waals surface area (Å²) in [7, 11) is 0. The summed E-state index contributed by atoms with van der Waals surface area (Å²) < 4.78 is 1.93. The molecule has 1 fully saturated rings. The van der Waals surface area contributed by atoms with Gasteiger partial charge in [0.2, 0.25) is 5.16 Å². The van der Waals surface area contributed by atoms with Crippen LogP contribution in [0, 0.1) is 12.3 Å². The first-order valence-corrected chi connectivity index (χ1v) is 5.74. The van der Waals surface area contributed by atoms with Gasteiger partial charge in [-0.2, -0.15) is 0 Å². The maximum absolute atomic E-state index is 5.20. The zero-order chi connectivity index (χ0) is 9.80. The van der Waals surface area contributed by atoms with E-state index in [1.54, 1.807) is 0 Å². The molecule has 0 aliphatic heterocycles. The molecule has 1 aromatic rings. The van der Waals surface area contributed by atoms with Gasteiger partial charge in [0.15, 0.2) is 0 Å². The fraction of sp³-hybridized carbons (Fsp3) is 0.667. The minimum Gasteiger partial charge on any atom is -0.217 e. The molecular formula is C9H12N4S. The van der Waals surface area contributed by atoms with Crippen LogP contribution in [0.2, 0.25) is 0 Å². The maximum Gasteiger partial charge on any atom is 0.210 e. The average molecular weight is 208 g/mol. The van der Waals surface area contributed by atoms with Crippen molar-refractivity contribution in [2.75, 3.05) is 5.75 Å². The summed E-state index contributed by atoms with van der Waals surface area (Å²) >= 11 is 1.53. The van der Waals surface area contributed by atoms with Gasteiger partial charge in [-0.05, 0) is 23.3 Å². The highest BCUT2D eigenvalue weighted by atomic mass is 32.2. The maximum atomic E-state index is 5.20. The van der Waals surface area contributed by atoms with Crippen LogP contribution in [0.5, 0.6) is 0 Å². The number of aromatic nitrogens is 4. The number of terminal acetylenes is 1. The minimum absolute atomic E-state index is 0.491. The van der Waals surface area contributed by atoms with Gasteiger partial charge in [0, 0.05) is 0 Å². The summed E-state index contributed by atoms with van der Waals surface area (Å²) in [5, 5.41) is 12.5. The number of thioether (sulfide) groups is 1. The molecule has 1 heterocycles. The van der Waals surface area contributed by atoms with E-state index in [0.717, 1.165) is 5.16 Å². The van der Waals surface area contributed by atoms with Crippen LogP contribution in [0.1, 0.15) is 31.7 Å². The van der Waals surface area contributed by atoms with Crippen LogP contribution in [0.3, 0.4) is 0 Å². The third kappa shape index (κ3) is 1.90. The fourth-order valence-corrected chi connectivity index (χ4v) is 2.39. The predicted molar refractivity (Wildman–Crippen MR) is 54.9 cm³/mol. The normalized spacial score (nSPS) is 17.1. The molecule has 0 unspecified atom stereocenters. The highest BCUT2D eigenvalue weighted by Gasteiger charge is 2.21. The molecule has 0 bridgehead atoms. The van der Waals surface area contributed by atoms with E-state index < -0.39 is 0 Å². The second-order valence-corrected chi connectivity index (χ2v) is 4.28. The third-order valence-electron chi connectivity index (χ3n) is 2.42. The van der Waals surface area contributed by atoms with Gasteiger partial charge < -0.3 is 0 Å². The Morgan fingerprint density at radius 2 is 2.29 bits per heavy atom. The Balaban J connectivity index is 2.08. The van der Waals surface area contributed by atoms with Crippen molar-refractivity contribution in [3.05, 3.63) is 0 Å². The highest BCUT2D eigenvalue weighted by Crippen LogP contribution is 2.31. The fourth-order valence-electron chi connectivity index (χ4n) is 1.76. The number of hydrogen-bond acceptors (Lipinski definition) is 4. The van der Waals surface area contributed by atoms with Gasteiger partial charge in [0.05, 0.1) is 11.8 Å². The Morgan fingerprint density at radius 1 is 1.50 bits per heavy atom. The molecule has 1 aliphatic rings. The molecule has 0 aromatic carbocycles. The highest BCUT2D eigenvalue weighted by molar-refractivity contribution is 7.99. The van der Waals surface area contributed by atoms with Crippen molar-refractivity contribution < 1.29 is 0 Å². The van der Waals surface area contributed by atoms with Crippen molar-refractivity contribution in [2.24, 2.45) is 0 Å². The molecule has 0 radical (unpaired) electrons. The molecule has 0 atom stereocenters. The molecule has 1 aliphatic carbocycles. The van der Waals surface area contributed by atoms with Gasteiger partial charge >= 0.3 is 0 Å². The number of tetrazole rings is 1. The van der Waals surface area contributed by atoms with Crippen LogP contribution < -0.4 is 0 Å². The molecule has 74 valence electrons. The number of hydrogen-bond donors (Lipinski definition) is 0. The first kappa shape index (κ1) is 9.53. The Morgan fingerprint density at radius 3 is 3.00 bits per heavy atom. The van der Waals surface area contributed by atoms with E-state index in [-0.39, 0.29) is 0 Å². The van der Waals surface area contributed by atoms with Crippen LogP contribution in [0.15, 0.2) is 5.16 Å². The number of nitrogens with zero attached hydrogens (tertiary/aromatic N) is 4. The summed E-state index contributed by atoms with van der Waals surface area (Å²) in [6.07, 6.45) is 10.1. The molecule has 1 aromatic heterocycles. The molecule has 0 amide bonds. The smallest absolute Gasteiger partial charge is 0.210 e. The lowest BCUT2D eigenvalue weighted by Gasteiger charge is -2.09. The topological polar surface area (TPSA) is 43.6 Å². The molecule has 0 saturated heterocycles. The lowest BCUT2D eigenvalue weighted by Crippen LogP contribution is -2.08. The molecule has 4 nitrogen and oxygen atoms in total. The summed E-state index contributed by atoms with van der Waals surface area (Å²) in [4.78, 5) is 0. The summed E-state index contributed by atoms with van der Waals surface area (Å²) in [5.41, 5.74) is 0. The van der Waals surface area contributed by atoms with Gasteiger partial charge in [-0.15, -0.1) is 11.5 Å². The van der Waals surface area contributed by atoms with Crippen LogP contribution in [0.4, 0.5) is 0 Å². The van der Waals surface area contributed by atoms with E-state index in [9.17, 15) is 0 Å². The van der Waals surface area contributed by atoms with Crippen LogP contribution >= 0.6 is 11.8 Å². The van der Waals surface area contributed by atoms with E-state index >= 15 is 0 Å². The van der Waals surface area contributed by atoms with Gasteiger partial charge in [0.1, 0.15) is 0 Å². The average Bonchev–Trinajstić information content (AvgIpc) is 2.84. The molecule has 0 N–H and O–H groups in total. The predicted octanol–water partition coefficient (Wildman–Crippen LogP) is 1.51. The van der Waals surface area contributed by atoms with E-state index in [1.807, 2.05) is 4.68 Å². The quantitative estimate of drug-likeness (QED) is 0.558. The molecule has 0 spiro atoms. The van der Waals surface area contributed by atoms with Gasteiger partial charge in [-0.25, -0.2) is 4.68 Å². The summed E-state index contributed by atoms with van der Waals surface area (Å²) in [5.74, 6) is 3.21. The van der Waals surface area contributed by atoms with E-state index in [4.69, 9.17) is 6.42 Å². The Hall–Kier alpha value is -1.02. The summed E-state index contributed by atoms with van der Waals surface area (Å²) in [6.45, 7) is 0.